The Morgan fingerprint density at radius 3 is 2.18 bits per heavy atom. The first kappa shape index (κ1) is 22.5. The fourth-order valence-electron chi connectivity index (χ4n) is 4.03. The Bertz CT molecular complexity index is 1130. The molecule has 0 bridgehead atoms. The van der Waals surface area contributed by atoms with E-state index in [4.69, 9.17) is 4.74 Å². The second-order valence-corrected chi connectivity index (χ2v) is 8.86. The van der Waals surface area contributed by atoms with Gasteiger partial charge < -0.3 is 20.1 Å². The fraction of sp³-hybridized carbons (Fsp3) is 0.240. The van der Waals surface area contributed by atoms with E-state index < -0.39 is 30.1 Å². The highest BCUT2D eigenvalue weighted by atomic mass is 32.1. The highest BCUT2D eigenvalue weighted by Crippen LogP contribution is 2.44. The molecule has 3 aromatic rings. The molecule has 0 aliphatic heterocycles. The zero-order chi connectivity index (χ0) is 23.5. The monoisotopic (exact) mass is 464 g/mol. The summed E-state index contributed by atoms with van der Waals surface area (Å²) in [4.78, 5) is 38.8. The summed E-state index contributed by atoms with van der Waals surface area (Å²) < 4.78 is 5.57. The van der Waals surface area contributed by atoms with Crippen LogP contribution in [0.15, 0.2) is 66.0 Å². The largest absolute Gasteiger partial charge is 0.480 e. The number of hydrogen-bond acceptors (Lipinski definition) is 5. The number of likely N-dealkylation sites (N-methyl/N-ethyl adjacent to an activating group) is 1. The number of thiophene rings is 1. The zero-order valence-corrected chi connectivity index (χ0v) is 19.0. The summed E-state index contributed by atoms with van der Waals surface area (Å²) >= 11 is 1.30. The van der Waals surface area contributed by atoms with Gasteiger partial charge in [0, 0.05) is 17.8 Å². The van der Waals surface area contributed by atoms with Crippen molar-refractivity contribution in [3.05, 3.63) is 82.0 Å². The number of nitrogens with one attached hydrogen (secondary N) is 1. The molecule has 2 aromatic carbocycles. The lowest BCUT2D eigenvalue weighted by Gasteiger charge is -2.26. The second kappa shape index (κ2) is 9.46. The molecule has 0 saturated heterocycles. The van der Waals surface area contributed by atoms with Crippen LogP contribution in [0, 0.1) is 0 Å². The van der Waals surface area contributed by atoms with Crippen LogP contribution >= 0.6 is 11.3 Å². The number of fused-ring (bicyclic) bond motifs is 3. The van der Waals surface area contributed by atoms with Crippen molar-refractivity contribution in [2.45, 2.75) is 24.9 Å². The Balaban J connectivity index is 1.49. The highest BCUT2D eigenvalue weighted by molar-refractivity contribution is 7.10. The number of hydrogen-bond donors (Lipinski definition) is 2. The first-order chi connectivity index (χ1) is 15.9. The fourth-order valence-corrected chi connectivity index (χ4v) is 4.80. The van der Waals surface area contributed by atoms with Crippen molar-refractivity contribution in [3.8, 4) is 11.1 Å². The van der Waals surface area contributed by atoms with Crippen molar-refractivity contribution in [2.75, 3.05) is 13.7 Å². The van der Waals surface area contributed by atoms with Crippen LogP contribution in [0.25, 0.3) is 11.1 Å². The number of aliphatic carboxylic acids is 1. The Kier molecular flexibility index (Phi) is 6.46. The van der Waals surface area contributed by atoms with Crippen LogP contribution in [0.4, 0.5) is 4.79 Å². The van der Waals surface area contributed by atoms with Crippen molar-refractivity contribution in [2.24, 2.45) is 0 Å². The summed E-state index contributed by atoms with van der Waals surface area (Å²) in [5, 5.41) is 13.7. The lowest BCUT2D eigenvalue weighted by molar-refractivity contribution is -0.149. The van der Waals surface area contributed by atoms with E-state index in [1.807, 2.05) is 36.4 Å². The van der Waals surface area contributed by atoms with E-state index in [1.165, 1.54) is 25.3 Å². The summed E-state index contributed by atoms with van der Waals surface area (Å²) in [7, 11) is 1.40. The van der Waals surface area contributed by atoms with Gasteiger partial charge in [-0.2, -0.15) is 0 Å². The summed E-state index contributed by atoms with van der Waals surface area (Å²) in [6, 6.07) is 17.5. The van der Waals surface area contributed by atoms with Gasteiger partial charge in [0.05, 0.1) is 0 Å². The molecule has 4 rings (SSSR count). The van der Waals surface area contributed by atoms with Gasteiger partial charge >= 0.3 is 12.1 Å². The molecular formula is C25H24N2O5S. The molecule has 2 N–H and O–H groups in total. The normalized spacial score (nSPS) is 14.0. The van der Waals surface area contributed by atoms with Crippen LogP contribution in [-0.4, -0.2) is 47.7 Å². The number of ether oxygens (including phenoxy) is 1. The van der Waals surface area contributed by atoms with E-state index in [-0.39, 0.29) is 12.5 Å². The minimum Gasteiger partial charge on any atom is -0.480 e. The van der Waals surface area contributed by atoms with E-state index in [2.05, 4.69) is 17.4 Å². The standard InChI is InChI=1S/C25H24N2O5S/c1-15(24(29)30)27(2)23(28)22(21-12-7-13-33-21)26-25(31)32-14-20-18-10-5-3-8-16(18)17-9-4-6-11-19(17)20/h3-13,15,20,22H,14H2,1-2H3,(H,26,31)(H,29,30)/t15-,22?/m0/s1. The smallest absolute Gasteiger partial charge is 0.408 e. The number of carboxylic acids is 1. The maximum Gasteiger partial charge on any atom is 0.408 e. The van der Waals surface area contributed by atoms with Crippen molar-refractivity contribution in [3.63, 3.8) is 0 Å². The van der Waals surface area contributed by atoms with E-state index in [9.17, 15) is 19.5 Å². The molecule has 2 atom stereocenters. The Morgan fingerprint density at radius 1 is 1.03 bits per heavy atom. The van der Waals surface area contributed by atoms with Gasteiger partial charge in [0.15, 0.2) is 0 Å². The predicted molar refractivity (Wildman–Crippen MR) is 125 cm³/mol. The lowest BCUT2D eigenvalue weighted by Crippen LogP contribution is -2.47. The molecule has 1 aromatic heterocycles. The number of amides is 2. The van der Waals surface area contributed by atoms with E-state index >= 15 is 0 Å². The third kappa shape index (κ3) is 4.47. The van der Waals surface area contributed by atoms with E-state index in [0.29, 0.717) is 4.88 Å². The molecule has 0 radical (unpaired) electrons. The molecule has 0 saturated carbocycles. The Labute approximate surface area is 195 Å². The van der Waals surface area contributed by atoms with Gasteiger partial charge in [-0.1, -0.05) is 54.6 Å². The average Bonchev–Trinajstić information content (AvgIpc) is 3.46. The number of benzene rings is 2. The molecule has 0 fully saturated rings. The summed E-state index contributed by atoms with van der Waals surface area (Å²) in [6.07, 6.45) is -0.736. The molecule has 2 amide bonds. The number of alkyl carbamates (subject to hydrolysis) is 1. The third-order valence-electron chi connectivity index (χ3n) is 5.97. The van der Waals surface area contributed by atoms with Crippen molar-refractivity contribution in [1.29, 1.82) is 0 Å². The van der Waals surface area contributed by atoms with Gasteiger partial charge in [0.1, 0.15) is 18.7 Å². The third-order valence-corrected chi connectivity index (χ3v) is 6.90. The van der Waals surface area contributed by atoms with Crippen LogP contribution in [0.3, 0.4) is 0 Å². The van der Waals surface area contributed by atoms with Crippen LogP contribution in [0.1, 0.15) is 34.9 Å². The second-order valence-electron chi connectivity index (χ2n) is 7.88. The first-order valence-electron chi connectivity index (χ1n) is 10.5. The van der Waals surface area contributed by atoms with Gasteiger partial charge in [-0.3, -0.25) is 4.79 Å². The molecule has 170 valence electrons. The molecule has 1 aliphatic carbocycles. The maximum atomic E-state index is 13.0. The van der Waals surface area contributed by atoms with Crippen LogP contribution < -0.4 is 5.32 Å². The SMILES string of the molecule is C[C@@H](C(=O)O)N(C)C(=O)C(NC(=O)OCC1c2ccccc2-c2ccccc21)c1cccs1. The Morgan fingerprint density at radius 2 is 1.64 bits per heavy atom. The number of rotatable bonds is 7. The highest BCUT2D eigenvalue weighted by Gasteiger charge is 2.33. The van der Waals surface area contributed by atoms with Crippen LogP contribution in [-0.2, 0) is 14.3 Å². The molecule has 1 heterocycles. The first-order valence-corrected chi connectivity index (χ1v) is 11.4. The number of carbonyl (C=O) groups is 3. The van der Waals surface area contributed by atoms with Gasteiger partial charge in [-0.25, -0.2) is 9.59 Å². The van der Waals surface area contributed by atoms with E-state index in [0.717, 1.165) is 27.2 Å². The van der Waals surface area contributed by atoms with E-state index in [1.54, 1.807) is 17.5 Å². The quantitative estimate of drug-likeness (QED) is 0.545. The molecule has 1 unspecified atom stereocenters. The maximum absolute atomic E-state index is 13.0. The number of carbonyl (C=O) groups excluding carboxylic acids is 2. The zero-order valence-electron chi connectivity index (χ0n) is 18.2. The summed E-state index contributed by atoms with van der Waals surface area (Å²) in [5.41, 5.74) is 4.43. The number of nitrogens with zero attached hydrogens (tertiary/aromatic N) is 1. The van der Waals surface area contributed by atoms with Crippen molar-refractivity contribution < 1.29 is 24.2 Å². The van der Waals surface area contributed by atoms with Crippen molar-refractivity contribution in [1.82, 2.24) is 10.2 Å². The molecule has 7 nitrogen and oxygen atoms in total. The van der Waals surface area contributed by atoms with Gasteiger partial charge in [-0.05, 0) is 40.6 Å². The molecule has 0 spiro atoms. The van der Waals surface area contributed by atoms with Crippen molar-refractivity contribution >= 4 is 29.3 Å². The van der Waals surface area contributed by atoms with Crippen LogP contribution in [0.2, 0.25) is 0 Å². The molecule has 1 aliphatic rings. The van der Waals surface area contributed by atoms with Crippen LogP contribution in [0.5, 0.6) is 0 Å². The molecule has 8 heteroatoms. The van der Waals surface area contributed by atoms with Gasteiger partial charge in [0.25, 0.3) is 5.91 Å². The molecule has 33 heavy (non-hydrogen) atoms. The van der Waals surface area contributed by atoms with Gasteiger partial charge in [-0.15, -0.1) is 11.3 Å². The van der Waals surface area contributed by atoms with Gasteiger partial charge in [0.2, 0.25) is 0 Å². The number of carboxylic acid groups (broad SMARTS) is 1. The minimum absolute atomic E-state index is 0.103. The molecular weight excluding hydrogens is 440 g/mol. The summed E-state index contributed by atoms with van der Waals surface area (Å²) in [5.74, 6) is -1.76. The summed E-state index contributed by atoms with van der Waals surface area (Å²) in [6.45, 7) is 1.53. The predicted octanol–water partition coefficient (Wildman–Crippen LogP) is 4.26. The minimum atomic E-state index is -1.13. The topological polar surface area (TPSA) is 95.9 Å². The average molecular weight is 465 g/mol. The lowest BCUT2D eigenvalue weighted by atomic mass is 9.98. The Hall–Kier alpha value is -3.65.